The number of hydrogen-bond donors (Lipinski definition) is 0. The monoisotopic (exact) mass is 735 g/mol. The second-order valence-electron chi connectivity index (χ2n) is 14.0. The molecule has 6 heteroatoms. The van der Waals surface area contributed by atoms with E-state index in [1.165, 1.54) is 0 Å². The summed E-state index contributed by atoms with van der Waals surface area (Å²) in [6, 6.07) is 48.4. The van der Waals surface area contributed by atoms with Crippen molar-refractivity contribution in [1.29, 1.82) is 0 Å². The molecule has 57 heavy (non-hydrogen) atoms. The van der Waals surface area contributed by atoms with E-state index in [1.807, 2.05) is 78.9 Å². The minimum Gasteiger partial charge on any atom is -0.456 e. The molecule has 266 valence electrons. The van der Waals surface area contributed by atoms with Gasteiger partial charge in [0, 0.05) is 55.2 Å². The molecule has 8 aromatic carbocycles. The maximum absolute atomic E-state index is 8.87. The smallest absolute Gasteiger partial charge is 0.167 e. The summed E-state index contributed by atoms with van der Waals surface area (Å²) in [5, 5.41) is 5.67. The van der Waals surface area contributed by atoms with Gasteiger partial charge in [-0.2, -0.15) is 0 Å². The van der Waals surface area contributed by atoms with Crippen LogP contribution in [0.1, 0.15) is 6.85 Å². The van der Waals surface area contributed by atoms with E-state index in [9.17, 15) is 0 Å². The third-order valence-corrected chi connectivity index (χ3v) is 10.8. The second-order valence-corrected chi connectivity index (χ2v) is 14.0. The predicted octanol–water partition coefficient (Wildman–Crippen LogP) is 13.4. The molecule has 0 saturated carbocycles. The molecule has 6 nitrogen and oxygen atoms in total. The Labute approximate surface area is 332 Å². The minimum absolute atomic E-state index is 0.0663. The van der Waals surface area contributed by atoms with Crippen LogP contribution in [0.4, 0.5) is 0 Å². The lowest BCUT2D eigenvalue weighted by molar-refractivity contribution is 0.668. The summed E-state index contributed by atoms with van der Waals surface area (Å²) >= 11 is 0. The number of aromatic nitrogens is 4. The van der Waals surface area contributed by atoms with Crippen LogP contribution >= 0.6 is 0 Å². The van der Waals surface area contributed by atoms with E-state index in [2.05, 4.69) is 77.4 Å². The Kier molecular flexibility index (Phi) is 5.82. The van der Waals surface area contributed by atoms with Gasteiger partial charge in [-0.05, 0) is 53.6 Å². The molecule has 0 bridgehead atoms. The Morgan fingerprint density at radius 3 is 2.00 bits per heavy atom. The van der Waals surface area contributed by atoms with Gasteiger partial charge in [0.05, 0.1) is 23.5 Å². The van der Waals surface area contributed by atoms with Gasteiger partial charge in [0.15, 0.2) is 17.5 Å². The van der Waals surface area contributed by atoms with E-state index < -0.39 is 30.2 Å². The lowest BCUT2D eigenvalue weighted by Gasteiger charge is -2.10. The van der Waals surface area contributed by atoms with Crippen molar-refractivity contribution >= 4 is 65.7 Å². The van der Waals surface area contributed by atoms with Crippen LogP contribution in [0.5, 0.6) is 0 Å². The lowest BCUT2D eigenvalue weighted by Crippen LogP contribution is -2.00. The fourth-order valence-electron chi connectivity index (χ4n) is 8.21. The van der Waals surface area contributed by atoms with E-state index in [0.29, 0.717) is 33.5 Å². The van der Waals surface area contributed by atoms with Crippen molar-refractivity contribution in [3.05, 3.63) is 182 Å². The summed E-state index contributed by atoms with van der Waals surface area (Å²) in [4.78, 5) is 14.8. The molecule has 0 unspecified atom stereocenters. The van der Waals surface area contributed by atoms with Crippen LogP contribution in [0.2, 0.25) is 0 Å². The molecular weight excluding hydrogens is 701 g/mol. The highest BCUT2D eigenvalue weighted by molar-refractivity contribution is 6.14. The zero-order valence-corrected chi connectivity index (χ0v) is 30.0. The molecule has 12 aromatic rings. The molecule has 0 amide bonds. The van der Waals surface area contributed by atoms with Crippen LogP contribution in [0, 0.1) is 0 Å². The van der Waals surface area contributed by atoms with Gasteiger partial charge in [-0.1, -0.05) is 133 Å². The Balaban J connectivity index is 1.08. The molecule has 0 aliphatic rings. The molecule has 12 rings (SSSR count). The van der Waals surface area contributed by atoms with Crippen LogP contribution in [0.3, 0.4) is 0 Å². The summed E-state index contributed by atoms with van der Waals surface area (Å²) in [6.07, 6.45) is 0. The molecule has 0 atom stereocenters. The summed E-state index contributed by atoms with van der Waals surface area (Å²) in [7, 11) is 0. The highest BCUT2D eigenvalue weighted by Gasteiger charge is 2.21. The summed E-state index contributed by atoms with van der Waals surface area (Å²) in [5.41, 5.74) is 8.88. The fraction of sp³-hybridized carbons (Fsp3) is 0. The fourth-order valence-corrected chi connectivity index (χ4v) is 8.21. The number of para-hydroxylation sites is 3. The van der Waals surface area contributed by atoms with E-state index in [0.717, 1.165) is 60.2 Å². The highest BCUT2D eigenvalue weighted by atomic mass is 16.3. The van der Waals surface area contributed by atoms with Gasteiger partial charge in [-0.25, -0.2) is 15.0 Å². The van der Waals surface area contributed by atoms with Crippen molar-refractivity contribution in [2.45, 2.75) is 0 Å². The van der Waals surface area contributed by atoms with Crippen molar-refractivity contribution in [2.24, 2.45) is 0 Å². The molecule has 4 aromatic heterocycles. The van der Waals surface area contributed by atoms with Gasteiger partial charge in [-0.3, -0.25) is 0 Å². The van der Waals surface area contributed by atoms with Crippen molar-refractivity contribution in [1.82, 2.24) is 19.5 Å². The summed E-state index contributed by atoms with van der Waals surface area (Å²) < 4.78 is 58.2. The van der Waals surface area contributed by atoms with Crippen LogP contribution < -0.4 is 0 Å². The van der Waals surface area contributed by atoms with E-state index >= 15 is 0 Å². The lowest BCUT2D eigenvalue weighted by atomic mass is 10.0. The molecule has 0 radical (unpaired) electrons. The third-order valence-electron chi connectivity index (χ3n) is 10.8. The van der Waals surface area contributed by atoms with Crippen LogP contribution in [0.25, 0.3) is 117 Å². The molecular formula is C51H30N4O2. The van der Waals surface area contributed by atoms with Gasteiger partial charge in [0.2, 0.25) is 0 Å². The highest BCUT2D eigenvalue weighted by Crippen LogP contribution is 2.41. The van der Waals surface area contributed by atoms with Crippen molar-refractivity contribution in [3.8, 4) is 51.0 Å². The molecule has 0 aliphatic carbocycles. The minimum atomic E-state index is -0.503. The number of hydrogen-bond acceptors (Lipinski definition) is 5. The SMILES string of the molecule is [2H]c1c([2H])c([2H])c(-c2nc(-c3cccc4c3oc3ccccc34)nc(-c3cccc4oc5cc(-n6c7ccccc7c7ccc(-c8ccccc8)cc76)ccc5c34)n2)c([2H])c1[2H]. The molecule has 0 fully saturated rings. The molecule has 4 heterocycles. The van der Waals surface area contributed by atoms with Crippen molar-refractivity contribution in [2.75, 3.05) is 0 Å². The van der Waals surface area contributed by atoms with Gasteiger partial charge < -0.3 is 13.4 Å². The Morgan fingerprint density at radius 1 is 0.421 bits per heavy atom. The van der Waals surface area contributed by atoms with Crippen LogP contribution in [-0.2, 0) is 0 Å². The number of nitrogens with zero attached hydrogens (tertiary/aromatic N) is 4. The molecule has 0 aliphatic heterocycles. The van der Waals surface area contributed by atoms with E-state index in [-0.39, 0.29) is 23.0 Å². The molecule has 0 spiro atoms. The standard InChI is InChI=1S/C51H30N4O2/c1-3-13-31(14-4-1)33-25-27-36-35-17-7-9-22-42(35)55(43(36)29-33)34-26-28-39-46(30-34)56-45-24-12-20-40(47(39)45)50-52-49(32-15-5-2-6-16-32)53-51(54-50)41-21-11-19-38-37-18-8-10-23-44(37)57-48(38)41/h1-30H/i2D,5D,6D,15D,16D. The largest absolute Gasteiger partial charge is 0.456 e. The first kappa shape index (κ1) is 26.9. The number of fused-ring (bicyclic) bond motifs is 9. The maximum atomic E-state index is 8.87. The first-order valence-electron chi connectivity index (χ1n) is 21.1. The Bertz CT molecular complexity index is 3810. The average Bonchev–Trinajstić information content (AvgIpc) is 3.99. The topological polar surface area (TPSA) is 69.9 Å². The first-order valence-corrected chi connectivity index (χ1v) is 18.6. The predicted molar refractivity (Wildman–Crippen MR) is 230 cm³/mol. The average molecular weight is 736 g/mol. The van der Waals surface area contributed by atoms with Gasteiger partial charge in [-0.15, -0.1) is 0 Å². The number of furan rings is 2. The van der Waals surface area contributed by atoms with Crippen LogP contribution in [-0.4, -0.2) is 19.5 Å². The number of benzene rings is 8. The molecule has 0 saturated heterocycles. The zero-order valence-electron chi connectivity index (χ0n) is 35.0. The zero-order chi connectivity index (χ0) is 41.8. The molecule has 0 N–H and O–H groups in total. The van der Waals surface area contributed by atoms with Crippen molar-refractivity contribution in [3.63, 3.8) is 0 Å². The summed E-state index contributed by atoms with van der Waals surface area (Å²) in [5.74, 6) is 0.386. The van der Waals surface area contributed by atoms with Gasteiger partial charge in [0.1, 0.15) is 22.3 Å². The Hall–Kier alpha value is -7.83. The normalized spacial score (nSPS) is 13.1. The quantitative estimate of drug-likeness (QED) is 0.176. The van der Waals surface area contributed by atoms with E-state index in [1.54, 1.807) is 0 Å². The van der Waals surface area contributed by atoms with E-state index in [4.69, 9.17) is 30.6 Å². The maximum Gasteiger partial charge on any atom is 0.167 e. The van der Waals surface area contributed by atoms with Gasteiger partial charge >= 0.3 is 0 Å². The van der Waals surface area contributed by atoms with Crippen molar-refractivity contribution < 1.29 is 15.7 Å². The van der Waals surface area contributed by atoms with Crippen LogP contribution in [0.15, 0.2) is 191 Å². The second kappa shape index (κ2) is 12.3. The Morgan fingerprint density at radius 2 is 1.11 bits per heavy atom. The third kappa shape index (κ3) is 4.94. The van der Waals surface area contributed by atoms with Gasteiger partial charge in [0.25, 0.3) is 0 Å². The summed E-state index contributed by atoms with van der Waals surface area (Å²) in [6.45, 7) is 0. The number of rotatable bonds is 5. The first-order chi connectivity index (χ1) is 30.3.